The molecule has 5 nitrogen and oxygen atoms in total. The van der Waals surface area contributed by atoms with Crippen molar-refractivity contribution >= 4 is 0 Å². The molecule has 0 saturated carbocycles. The molecule has 0 radical (unpaired) electrons. The van der Waals surface area contributed by atoms with E-state index in [9.17, 15) is 5.11 Å². The highest BCUT2D eigenvalue weighted by Crippen LogP contribution is 2.22. The van der Waals surface area contributed by atoms with Gasteiger partial charge in [0.25, 0.3) is 0 Å². The molecular formula is C14H24N4O. The van der Waals surface area contributed by atoms with E-state index in [0.29, 0.717) is 0 Å². The third kappa shape index (κ3) is 3.29. The third-order valence-corrected chi connectivity index (χ3v) is 3.85. The van der Waals surface area contributed by atoms with Crippen LogP contribution in [0.1, 0.15) is 42.6 Å². The van der Waals surface area contributed by atoms with Gasteiger partial charge in [0.2, 0.25) is 0 Å². The lowest BCUT2D eigenvalue weighted by atomic mass is 10.1. The Morgan fingerprint density at radius 3 is 2.74 bits per heavy atom. The summed E-state index contributed by atoms with van der Waals surface area (Å²) in [4.78, 5) is 13.7. The van der Waals surface area contributed by atoms with Gasteiger partial charge in [-0.3, -0.25) is 4.90 Å². The summed E-state index contributed by atoms with van der Waals surface area (Å²) in [7, 11) is 4.27. The number of rotatable bonds is 2. The Hall–Kier alpha value is -1.04. The van der Waals surface area contributed by atoms with Crippen LogP contribution in [0.5, 0.6) is 0 Å². The first-order valence-corrected chi connectivity index (χ1v) is 6.89. The lowest BCUT2D eigenvalue weighted by Gasteiger charge is -2.26. The van der Waals surface area contributed by atoms with Crippen LogP contribution in [0.15, 0.2) is 6.20 Å². The molecule has 2 rings (SSSR count). The fourth-order valence-corrected chi connectivity index (χ4v) is 2.62. The van der Waals surface area contributed by atoms with Gasteiger partial charge in [-0.15, -0.1) is 0 Å². The van der Waals surface area contributed by atoms with Gasteiger partial charge in [0.15, 0.2) is 0 Å². The molecule has 19 heavy (non-hydrogen) atoms. The maximum absolute atomic E-state index is 9.65. The fraction of sp³-hybridized carbons (Fsp3) is 0.714. The number of nitrogens with zero attached hydrogens (tertiary/aromatic N) is 4. The Morgan fingerprint density at radius 2 is 2.11 bits per heavy atom. The first kappa shape index (κ1) is 14.4. The second kappa shape index (κ2) is 5.94. The van der Waals surface area contributed by atoms with Crippen LogP contribution in [0, 0.1) is 6.92 Å². The van der Waals surface area contributed by atoms with Gasteiger partial charge >= 0.3 is 0 Å². The Bertz CT molecular complexity index is 435. The summed E-state index contributed by atoms with van der Waals surface area (Å²) in [6, 6.07) is 0.231. The smallest absolute Gasteiger partial charge is 0.146 e. The van der Waals surface area contributed by atoms with Crippen LogP contribution >= 0.6 is 0 Å². The molecule has 1 aliphatic rings. The number of aliphatic hydroxyl groups excluding tert-OH is 1. The summed E-state index contributed by atoms with van der Waals surface area (Å²) in [5.74, 6) is 0.859. The maximum Gasteiger partial charge on any atom is 0.146 e. The molecule has 1 fully saturated rings. The number of hydrogen-bond donors (Lipinski definition) is 1. The van der Waals surface area contributed by atoms with Gasteiger partial charge in [0.05, 0.1) is 12.1 Å². The molecule has 2 atom stereocenters. The van der Waals surface area contributed by atoms with Crippen molar-refractivity contribution in [1.82, 2.24) is 19.8 Å². The summed E-state index contributed by atoms with van der Waals surface area (Å²) in [5, 5.41) is 9.65. The van der Waals surface area contributed by atoms with Crippen molar-refractivity contribution in [3.8, 4) is 0 Å². The van der Waals surface area contributed by atoms with Crippen molar-refractivity contribution in [1.29, 1.82) is 0 Å². The highest BCUT2D eigenvalue weighted by molar-refractivity contribution is 5.19. The monoisotopic (exact) mass is 264 g/mol. The van der Waals surface area contributed by atoms with Crippen molar-refractivity contribution in [3.05, 3.63) is 23.3 Å². The fourth-order valence-electron chi connectivity index (χ4n) is 2.62. The van der Waals surface area contributed by atoms with Crippen LogP contribution in [-0.4, -0.2) is 58.6 Å². The van der Waals surface area contributed by atoms with Gasteiger partial charge in [-0.05, 0) is 47.5 Å². The number of hydrogen-bond acceptors (Lipinski definition) is 5. The molecule has 0 bridgehead atoms. The van der Waals surface area contributed by atoms with Crippen molar-refractivity contribution in [2.75, 3.05) is 33.7 Å². The van der Waals surface area contributed by atoms with Gasteiger partial charge in [0, 0.05) is 24.0 Å². The molecule has 1 saturated heterocycles. The van der Waals surface area contributed by atoms with Crippen molar-refractivity contribution in [3.63, 3.8) is 0 Å². The lowest BCUT2D eigenvalue weighted by Crippen LogP contribution is -2.32. The highest BCUT2D eigenvalue weighted by Gasteiger charge is 2.25. The summed E-state index contributed by atoms with van der Waals surface area (Å²) < 4.78 is 0. The lowest BCUT2D eigenvalue weighted by molar-refractivity contribution is 0.195. The van der Waals surface area contributed by atoms with E-state index in [1.807, 2.05) is 6.92 Å². The molecule has 1 aromatic heterocycles. The second-order valence-corrected chi connectivity index (χ2v) is 5.56. The van der Waals surface area contributed by atoms with Gasteiger partial charge in [-0.1, -0.05) is 0 Å². The second-order valence-electron chi connectivity index (χ2n) is 5.56. The van der Waals surface area contributed by atoms with Gasteiger partial charge in [-0.25, -0.2) is 9.97 Å². The number of aliphatic hydroxyl groups is 1. The zero-order valence-electron chi connectivity index (χ0n) is 12.3. The van der Waals surface area contributed by atoms with Gasteiger partial charge in [-0.2, -0.15) is 0 Å². The molecular weight excluding hydrogens is 240 g/mol. The molecule has 0 aromatic carbocycles. The van der Waals surface area contributed by atoms with E-state index in [1.165, 1.54) is 6.42 Å². The van der Waals surface area contributed by atoms with E-state index in [1.54, 1.807) is 13.1 Å². The molecule has 5 heteroatoms. The van der Waals surface area contributed by atoms with Crippen LogP contribution in [-0.2, 0) is 0 Å². The first-order valence-electron chi connectivity index (χ1n) is 6.89. The van der Waals surface area contributed by atoms with E-state index >= 15 is 0 Å². The largest absolute Gasteiger partial charge is 0.389 e. The first-order chi connectivity index (χ1) is 8.99. The topological polar surface area (TPSA) is 52.5 Å². The number of aromatic nitrogens is 2. The van der Waals surface area contributed by atoms with Crippen LogP contribution < -0.4 is 0 Å². The van der Waals surface area contributed by atoms with E-state index in [4.69, 9.17) is 0 Å². The summed E-state index contributed by atoms with van der Waals surface area (Å²) in [5.41, 5.74) is 1.69. The Morgan fingerprint density at radius 1 is 1.37 bits per heavy atom. The summed E-state index contributed by atoms with van der Waals surface area (Å²) in [6.45, 7) is 6.82. The van der Waals surface area contributed by atoms with Crippen LogP contribution in [0.4, 0.5) is 0 Å². The minimum atomic E-state index is -0.511. The predicted octanol–water partition coefficient (Wildman–Crippen LogP) is 1.15. The van der Waals surface area contributed by atoms with Crippen molar-refractivity contribution in [2.24, 2.45) is 0 Å². The highest BCUT2D eigenvalue weighted by atomic mass is 16.3. The van der Waals surface area contributed by atoms with Gasteiger partial charge in [0.1, 0.15) is 5.82 Å². The SMILES string of the molecule is Cc1nc(C2CN(C)CCCN2C)ncc1C(C)O. The van der Waals surface area contributed by atoms with Crippen molar-refractivity contribution < 1.29 is 5.11 Å². The molecule has 0 amide bonds. The zero-order valence-corrected chi connectivity index (χ0v) is 12.3. The standard InChI is InChI=1S/C14H24N4O/c1-10-12(11(2)19)8-15-14(16-10)13-9-17(3)6-5-7-18(13)4/h8,11,13,19H,5-7,9H2,1-4H3. The van der Waals surface area contributed by atoms with E-state index in [0.717, 1.165) is 36.7 Å². The zero-order chi connectivity index (χ0) is 14.0. The van der Waals surface area contributed by atoms with Crippen LogP contribution in [0.2, 0.25) is 0 Å². The van der Waals surface area contributed by atoms with Crippen LogP contribution in [0.25, 0.3) is 0 Å². The quantitative estimate of drug-likeness (QED) is 0.868. The number of aryl methyl sites for hydroxylation is 1. The molecule has 0 spiro atoms. The molecule has 0 aliphatic carbocycles. The third-order valence-electron chi connectivity index (χ3n) is 3.85. The number of likely N-dealkylation sites (N-methyl/N-ethyl adjacent to an activating group) is 2. The molecule has 1 aromatic rings. The predicted molar refractivity (Wildman–Crippen MR) is 74.9 cm³/mol. The Labute approximate surface area is 115 Å². The average Bonchev–Trinajstić information content (AvgIpc) is 2.50. The minimum Gasteiger partial charge on any atom is -0.389 e. The molecule has 2 heterocycles. The minimum absolute atomic E-state index is 0.231. The van der Waals surface area contributed by atoms with E-state index in [-0.39, 0.29) is 6.04 Å². The Kier molecular flexibility index (Phi) is 4.50. The Balaban J connectivity index is 2.27. The maximum atomic E-state index is 9.65. The van der Waals surface area contributed by atoms with Crippen LogP contribution in [0.3, 0.4) is 0 Å². The summed E-state index contributed by atoms with van der Waals surface area (Å²) >= 11 is 0. The summed E-state index contributed by atoms with van der Waals surface area (Å²) in [6.07, 6.45) is 2.43. The van der Waals surface area contributed by atoms with Gasteiger partial charge < -0.3 is 10.0 Å². The van der Waals surface area contributed by atoms with Crippen molar-refractivity contribution in [2.45, 2.75) is 32.4 Å². The molecule has 1 aliphatic heterocycles. The average molecular weight is 264 g/mol. The van der Waals surface area contributed by atoms with E-state index < -0.39 is 6.10 Å². The normalized spacial score (nSPS) is 24.2. The van der Waals surface area contributed by atoms with E-state index in [2.05, 4.69) is 33.9 Å². The molecule has 1 N–H and O–H groups in total. The molecule has 2 unspecified atom stereocenters. The molecule has 106 valence electrons.